The van der Waals surface area contributed by atoms with Crippen LogP contribution in [0.15, 0.2) is 41.3 Å². The number of methoxy groups -OCH3 is 1. The Morgan fingerprint density at radius 2 is 2.20 bits per heavy atom. The van der Waals surface area contributed by atoms with E-state index in [0.29, 0.717) is 6.54 Å². The number of nitrogens with zero attached hydrogens (tertiary/aromatic N) is 2. The number of ether oxygens (including phenoxy) is 1. The predicted molar refractivity (Wildman–Crippen MR) is 78.0 cm³/mol. The summed E-state index contributed by atoms with van der Waals surface area (Å²) in [6.07, 6.45) is 1.61. The minimum absolute atomic E-state index is 0.0440. The number of rotatable bonds is 5. The van der Waals surface area contributed by atoms with E-state index in [1.807, 2.05) is 26.1 Å². The quantitative estimate of drug-likeness (QED) is 0.897. The smallest absolute Gasteiger partial charge is 0.266 e. The van der Waals surface area contributed by atoms with Crippen molar-refractivity contribution >= 4 is 0 Å². The highest BCUT2D eigenvalue weighted by Gasteiger charge is 2.16. The zero-order valence-electron chi connectivity index (χ0n) is 12.0. The van der Waals surface area contributed by atoms with Crippen molar-refractivity contribution in [1.29, 1.82) is 0 Å². The minimum atomic E-state index is -0.112. The molecule has 1 aromatic heterocycles. The van der Waals surface area contributed by atoms with Gasteiger partial charge in [-0.25, -0.2) is 4.68 Å². The van der Waals surface area contributed by atoms with Gasteiger partial charge in [0, 0.05) is 17.8 Å². The lowest BCUT2D eigenvalue weighted by molar-refractivity contribution is 0.387. The zero-order chi connectivity index (χ0) is 14.5. The summed E-state index contributed by atoms with van der Waals surface area (Å²) in [6, 6.07) is 9.11. The number of aryl methyl sites for hydroxylation is 1. The van der Waals surface area contributed by atoms with Crippen molar-refractivity contribution in [1.82, 2.24) is 15.1 Å². The van der Waals surface area contributed by atoms with Crippen LogP contribution in [0, 0.1) is 6.92 Å². The molecule has 1 unspecified atom stereocenters. The number of hydrogen-bond donors (Lipinski definition) is 1. The second-order valence-corrected chi connectivity index (χ2v) is 4.63. The van der Waals surface area contributed by atoms with E-state index >= 15 is 0 Å². The molecule has 0 saturated carbocycles. The van der Waals surface area contributed by atoms with Gasteiger partial charge in [0.05, 0.1) is 19.7 Å². The van der Waals surface area contributed by atoms with Crippen molar-refractivity contribution in [3.8, 4) is 5.75 Å². The third kappa shape index (κ3) is 3.05. The number of likely N-dealkylation sites (N-methyl/N-ethyl adjacent to an activating group) is 1. The van der Waals surface area contributed by atoms with Crippen LogP contribution < -0.4 is 15.6 Å². The lowest BCUT2D eigenvalue weighted by Gasteiger charge is -2.20. The molecule has 0 spiro atoms. The van der Waals surface area contributed by atoms with Gasteiger partial charge in [0.25, 0.3) is 5.56 Å². The highest BCUT2D eigenvalue weighted by atomic mass is 16.5. The van der Waals surface area contributed by atoms with Crippen molar-refractivity contribution in [2.24, 2.45) is 0 Å². The summed E-state index contributed by atoms with van der Waals surface area (Å²) in [5.74, 6) is 0.805. The first-order chi connectivity index (χ1) is 9.65. The Balaban J connectivity index is 2.36. The van der Waals surface area contributed by atoms with E-state index in [-0.39, 0.29) is 11.6 Å². The third-order valence-electron chi connectivity index (χ3n) is 3.25. The average molecular weight is 273 g/mol. The van der Waals surface area contributed by atoms with Gasteiger partial charge >= 0.3 is 0 Å². The maximum Gasteiger partial charge on any atom is 0.266 e. The molecule has 2 rings (SSSR count). The topological polar surface area (TPSA) is 56.2 Å². The van der Waals surface area contributed by atoms with Gasteiger partial charge in [-0.15, -0.1) is 0 Å². The van der Waals surface area contributed by atoms with Crippen molar-refractivity contribution in [2.75, 3.05) is 14.2 Å². The molecule has 106 valence electrons. The van der Waals surface area contributed by atoms with Crippen LogP contribution in [0.2, 0.25) is 0 Å². The Morgan fingerprint density at radius 3 is 2.85 bits per heavy atom. The molecule has 20 heavy (non-hydrogen) atoms. The summed E-state index contributed by atoms with van der Waals surface area (Å²) >= 11 is 0. The molecule has 0 aliphatic heterocycles. The second-order valence-electron chi connectivity index (χ2n) is 4.63. The van der Waals surface area contributed by atoms with Crippen LogP contribution >= 0.6 is 0 Å². The van der Waals surface area contributed by atoms with E-state index in [1.54, 1.807) is 19.4 Å². The molecule has 0 fully saturated rings. The standard InChI is InChI=1S/C15H19N3O2/c1-11-6-7-14(20-3)12(9-11)13(16-2)10-18-15(19)5-4-8-17-18/h4-9,13,16H,10H2,1-3H3. The summed E-state index contributed by atoms with van der Waals surface area (Å²) in [4.78, 5) is 11.8. The average Bonchev–Trinajstić information content (AvgIpc) is 2.46. The first kappa shape index (κ1) is 14.3. The Labute approximate surface area is 118 Å². The summed E-state index contributed by atoms with van der Waals surface area (Å²) in [5.41, 5.74) is 2.06. The van der Waals surface area contributed by atoms with Crippen molar-refractivity contribution in [2.45, 2.75) is 19.5 Å². The first-order valence-corrected chi connectivity index (χ1v) is 6.49. The number of benzene rings is 1. The van der Waals surface area contributed by atoms with Crippen LogP contribution in [0.4, 0.5) is 0 Å². The predicted octanol–water partition coefficient (Wildman–Crippen LogP) is 1.52. The summed E-state index contributed by atoms with van der Waals surface area (Å²) in [5, 5.41) is 7.31. The fraction of sp³-hybridized carbons (Fsp3) is 0.333. The van der Waals surface area contributed by atoms with E-state index in [1.165, 1.54) is 10.7 Å². The molecule has 2 aromatic rings. The number of aromatic nitrogens is 2. The fourth-order valence-corrected chi connectivity index (χ4v) is 2.17. The SMILES string of the molecule is CNC(Cn1ncccc1=O)c1cc(C)ccc1OC. The summed E-state index contributed by atoms with van der Waals surface area (Å²) in [7, 11) is 3.51. The van der Waals surface area contributed by atoms with Crippen LogP contribution in [-0.4, -0.2) is 23.9 Å². The van der Waals surface area contributed by atoms with E-state index < -0.39 is 0 Å². The van der Waals surface area contributed by atoms with Crippen molar-refractivity contribution in [3.05, 3.63) is 58.0 Å². The van der Waals surface area contributed by atoms with Crippen LogP contribution in [0.3, 0.4) is 0 Å². The largest absolute Gasteiger partial charge is 0.496 e. The molecular weight excluding hydrogens is 254 g/mol. The minimum Gasteiger partial charge on any atom is -0.496 e. The van der Waals surface area contributed by atoms with E-state index in [0.717, 1.165) is 16.9 Å². The number of hydrogen-bond acceptors (Lipinski definition) is 4. The molecule has 0 aliphatic carbocycles. The summed E-state index contributed by atoms with van der Waals surface area (Å²) in [6.45, 7) is 2.48. The zero-order valence-corrected chi connectivity index (χ0v) is 12.0. The van der Waals surface area contributed by atoms with E-state index in [2.05, 4.69) is 16.5 Å². The molecule has 1 aromatic carbocycles. The van der Waals surface area contributed by atoms with Gasteiger partial charge in [0.2, 0.25) is 0 Å². The van der Waals surface area contributed by atoms with Crippen molar-refractivity contribution < 1.29 is 4.74 Å². The van der Waals surface area contributed by atoms with E-state index in [9.17, 15) is 4.79 Å². The third-order valence-corrected chi connectivity index (χ3v) is 3.25. The molecular formula is C15H19N3O2. The van der Waals surface area contributed by atoms with Gasteiger partial charge in [-0.1, -0.05) is 17.7 Å². The van der Waals surface area contributed by atoms with Crippen LogP contribution in [0.5, 0.6) is 5.75 Å². The monoisotopic (exact) mass is 273 g/mol. The summed E-state index contributed by atoms with van der Waals surface area (Å²) < 4.78 is 6.85. The Kier molecular flexibility index (Phi) is 4.53. The van der Waals surface area contributed by atoms with Gasteiger partial charge in [-0.3, -0.25) is 4.79 Å². The van der Waals surface area contributed by atoms with Crippen LogP contribution in [-0.2, 0) is 6.54 Å². The highest BCUT2D eigenvalue weighted by molar-refractivity contribution is 5.39. The van der Waals surface area contributed by atoms with Gasteiger partial charge in [-0.05, 0) is 26.1 Å². The molecule has 0 aliphatic rings. The van der Waals surface area contributed by atoms with Crippen LogP contribution in [0.25, 0.3) is 0 Å². The molecule has 0 bridgehead atoms. The molecule has 5 heteroatoms. The molecule has 0 saturated heterocycles. The Hall–Kier alpha value is -2.14. The maximum absolute atomic E-state index is 11.8. The molecule has 1 N–H and O–H groups in total. The Bertz CT molecular complexity index is 637. The van der Waals surface area contributed by atoms with Gasteiger partial charge < -0.3 is 10.1 Å². The lowest BCUT2D eigenvalue weighted by Crippen LogP contribution is -2.30. The van der Waals surface area contributed by atoms with Gasteiger partial charge in [0.1, 0.15) is 5.75 Å². The van der Waals surface area contributed by atoms with Crippen LogP contribution in [0.1, 0.15) is 17.2 Å². The molecule has 0 radical (unpaired) electrons. The first-order valence-electron chi connectivity index (χ1n) is 6.49. The van der Waals surface area contributed by atoms with Gasteiger partial charge in [-0.2, -0.15) is 5.10 Å². The highest BCUT2D eigenvalue weighted by Crippen LogP contribution is 2.26. The van der Waals surface area contributed by atoms with E-state index in [4.69, 9.17) is 4.74 Å². The molecule has 1 heterocycles. The second kappa shape index (κ2) is 6.34. The normalized spacial score (nSPS) is 12.2. The fourth-order valence-electron chi connectivity index (χ4n) is 2.17. The van der Waals surface area contributed by atoms with Crippen molar-refractivity contribution in [3.63, 3.8) is 0 Å². The maximum atomic E-state index is 11.8. The molecule has 5 nitrogen and oxygen atoms in total. The molecule has 0 amide bonds. The van der Waals surface area contributed by atoms with Gasteiger partial charge in [0.15, 0.2) is 0 Å². The molecule has 1 atom stereocenters. The lowest BCUT2D eigenvalue weighted by atomic mass is 10.0. The number of nitrogens with one attached hydrogen (secondary N) is 1. The Morgan fingerprint density at radius 1 is 1.40 bits per heavy atom.